The molecule has 158 valence electrons. The molecule has 2 aliphatic heterocycles. The Morgan fingerprint density at radius 1 is 0.933 bits per heavy atom. The lowest BCUT2D eigenvalue weighted by atomic mass is 10.2. The number of amidine groups is 1. The summed E-state index contributed by atoms with van der Waals surface area (Å²) < 4.78 is 2.55. The fourth-order valence-electron chi connectivity index (χ4n) is 4.83. The molecule has 2 aliphatic rings. The third kappa shape index (κ3) is 3.41. The molecule has 0 saturated carbocycles. The van der Waals surface area contributed by atoms with Crippen molar-refractivity contribution in [2.24, 2.45) is 4.99 Å². The first kappa shape index (κ1) is 19.9. The summed E-state index contributed by atoms with van der Waals surface area (Å²) in [5.41, 5.74) is 2.37. The van der Waals surface area contributed by atoms with E-state index < -0.39 is 6.10 Å². The number of benzene rings is 2. The van der Waals surface area contributed by atoms with Crippen LogP contribution in [0.15, 0.2) is 53.5 Å². The first-order valence-corrected chi connectivity index (χ1v) is 11.6. The Morgan fingerprint density at radius 3 is 2.00 bits per heavy atom. The van der Waals surface area contributed by atoms with Crippen LogP contribution in [0.5, 0.6) is 0 Å². The molecule has 0 amide bonds. The van der Waals surface area contributed by atoms with E-state index in [1.807, 2.05) is 18.7 Å². The summed E-state index contributed by atoms with van der Waals surface area (Å²) in [6, 6.07) is 17.1. The summed E-state index contributed by atoms with van der Waals surface area (Å²) >= 11 is 1.89. The largest absolute Gasteiger partial charge is 0.390 e. The highest BCUT2D eigenvalue weighted by molar-refractivity contribution is 8.15. The van der Waals surface area contributed by atoms with E-state index in [-0.39, 0.29) is 10.9 Å². The molecule has 1 aromatic heterocycles. The Kier molecular flexibility index (Phi) is 5.04. The Bertz CT molecular complexity index is 1040. The molecule has 5 rings (SSSR count). The van der Waals surface area contributed by atoms with Crippen molar-refractivity contribution in [2.45, 2.75) is 37.8 Å². The fraction of sp³-hybridized carbons (Fsp3) is 0.458. The smallest absolute Gasteiger partial charge is 0.159 e. The molecule has 0 aliphatic carbocycles. The SMILES string of the molecule is CC(O)C(N1CCN(C2=NCC(C)(C)S2)CC1)n1c2ccccc2c2ccccc21. The lowest BCUT2D eigenvalue weighted by Gasteiger charge is -2.42. The van der Waals surface area contributed by atoms with Crippen LogP contribution in [-0.4, -0.2) is 68.2 Å². The predicted octanol–water partition coefficient (Wildman–Crippen LogP) is 4.17. The second-order valence-electron chi connectivity index (χ2n) is 9.04. The minimum absolute atomic E-state index is 0.0911. The molecule has 2 atom stereocenters. The van der Waals surface area contributed by atoms with E-state index in [9.17, 15) is 5.11 Å². The number of aliphatic hydroxyl groups is 1. The number of aliphatic hydroxyl groups excluding tert-OH is 1. The van der Waals surface area contributed by atoms with E-state index in [4.69, 9.17) is 4.99 Å². The average Bonchev–Trinajstić information content (AvgIpc) is 3.27. The van der Waals surface area contributed by atoms with E-state index in [2.05, 4.69) is 76.7 Å². The van der Waals surface area contributed by atoms with E-state index in [1.54, 1.807) is 0 Å². The van der Waals surface area contributed by atoms with Gasteiger partial charge in [0, 0.05) is 41.7 Å². The molecule has 0 radical (unpaired) electrons. The highest BCUT2D eigenvalue weighted by atomic mass is 32.2. The van der Waals surface area contributed by atoms with E-state index >= 15 is 0 Å². The summed E-state index contributed by atoms with van der Waals surface area (Å²) in [4.78, 5) is 9.63. The lowest BCUT2D eigenvalue weighted by molar-refractivity contribution is 0.00489. The maximum absolute atomic E-state index is 10.9. The first-order valence-electron chi connectivity index (χ1n) is 10.8. The van der Waals surface area contributed by atoms with Gasteiger partial charge in [0.05, 0.1) is 23.7 Å². The van der Waals surface area contributed by atoms with Crippen molar-refractivity contribution in [1.29, 1.82) is 0 Å². The van der Waals surface area contributed by atoms with Gasteiger partial charge in [-0.15, -0.1) is 0 Å². The van der Waals surface area contributed by atoms with Crippen molar-refractivity contribution in [3.05, 3.63) is 48.5 Å². The maximum Gasteiger partial charge on any atom is 0.159 e. The zero-order valence-corrected chi connectivity index (χ0v) is 18.8. The van der Waals surface area contributed by atoms with E-state index in [1.165, 1.54) is 27.0 Å². The van der Waals surface area contributed by atoms with Crippen molar-refractivity contribution in [1.82, 2.24) is 14.4 Å². The molecule has 1 saturated heterocycles. The molecule has 0 spiro atoms. The van der Waals surface area contributed by atoms with E-state index in [0.717, 1.165) is 32.7 Å². The van der Waals surface area contributed by atoms with Gasteiger partial charge in [-0.2, -0.15) is 0 Å². The van der Waals surface area contributed by atoms with Crippen LogP contribution in [0.2, 0.25) is 0 Å². The van der Waals surface area contributed by atoms with Gasteiger partial charge in [-0.05, 0) is 32.9 Å². The number of fused-ring (bicyclic) bond motifs is 3. The molecule has 1 fully saturated rings. The standard InChI is InChI=1S/C24H30N4OS/c1-17(29)22(26-12-14-27(15-13-26)23-25-16-24(2,3)30-23)28-20-10-6-4-8-18(20)19-9-5-7-11-21(19)28/h4-11,17,22,29H,12-16H2,1-3H3. The third-order valence-corrected chi connectivity index (χ3v) is 7.49. The minimum atomic E-state index is -0.479. The minimum Gasteiger partial charge on any atom is -0.390 e. The predicted molar refractivity (Wildman–Crippen MR) is 127 cm³/mol. The van der Waals surface area contributed by atoms with Gasteiger partial charge < -0.3 is 14.6 Å². The van der Waals surface area contributed by atoms with Gasteiger partial charge in [0.25, 0.3) is 0 Å². The molecular weight excluding hydrogens is 392 g/mol. The number of nitrogens with zero attached hydrogens (tertiary/aromatic N) is 4. The molecule has 2 aromatic carbocycles. The van der Waals surface area contributed by atoms with Crippen molar-refractivity contribution >= 4 is 38.7 Å². The lowest BCUT2D eigenvalue weighted by Crippen LogP contribution is -2.52. The van der Waals surface area contributed by atoms with Gasteiger partial charge in [0.2, 0.25) is 0 Å². The summed E-state index contributed by atoms with van der Waals surface area (Å²) in [6.07, 6.45) is -0.570. The van der Waals surface area contributed by atoms with Gasteiger partial charge >= 0.3 is 0 Å². The van der Waals surface area contributed by atoms with Gasteiger partial charge in [0.1, 0.15) is 6.17 Å². The fourth-order valence-corrected chi connectivity index (χ4v) is 5.90. The van der Waals surface area contributed by atoms with Crippen LogP contribution in [0.3, 0.4) is 0 Å². The number of thioether (sulfide) groups is 1. The molecule has 0 bridgehead atoms. The summed E-state index contributed by atoms with van der Waals surface area (Å²) in [7, 11) is 0. The van der Waals surface area contributed by atoms with Crippen LogP contribution in [0, 0.1) is 0 Å². The quantitative estimate of drug-likeness (QED) is 0.688. The third-order valence-electron chi connectivity index (χ3n) is 6.23. The Labute approximate surface area is 182 Å². The number of piperazine rings is 1. The van der Waals surface area contributed by atoms with Crippen LogP contribution in [0.4, 0.5) is 0 Å². The average molecular weight is 423 g/mol. The maximum atomic E-state index is 10.9. The molecule has 5 nitrogen and oxygen atoms in total. The van der Waals surface area contributed by atoms with E-state index in [0.29, 0.717) is 0 Å². The zero-order valence-electron chi connectivity index (χ0n) is 18.0. The zero-order chi connectivity index (χ0) is 20.9. The molecule has 1 N–H and O–H groups in total. The van der Waals surface area contributed by atoms with Gasteiger partial charge in [0.15, 0.2) is 5.17 Å². The molecule has 3 aromatic rings. The number of hydrogen-bond donors (Lipinski definition) is 1. The number of rotatable bonds is 3. The van der Waals surface area contributed by atoms with Crippen molar-refractivity contribution in [2.75, 3.05) is 32.7 Å². The Hall–Kier alpha value is -2.02. The second kappa shape index (κ2) is 7.59. The molecule has 6 heteroatoms. The van der Waals surface area contributed by atoms with Gasteiger partial charge in [-0.25, -0.2) is 0 Å². The van der Waals surface area contributed by atoms with Gasteiger partial charge in [-0.3, -0.25) is 9.89 Å². The summed E-state index contributed by atoms with van der Waals surface area (Å²) in [5, 5.41) is 14.6. The highest BCUT2D eigenvalue weighted by Gasteiger charge is 2.34. The normalized spacial score (nSPS) is 21.9. The monoisotopic (exact) mass is 422 g/mol. The highest BCUT2D eigenvalue weighted by Crippen LogP contribution is 2.36. The number of aliphatic imine (C=N–C) groups is 1. The molecular formula is C24H30N4OS. The molecule has 3 heterocycles. The van der Waals surface area contributed by atoms with Crippen LogP contribution in [0.25, 0.3) is 21.8 Å². The Balaban J connectivity index is 1.46. The van der Waals surface area contributed by atoms with Crippen LogP contribution in [0.1, 0.15) is 26.9 Å². The summed E-state index contributed by atoms with van der Waals surface area (Å²) in [6.45, 7) is 11.1. The van der Waals surface area contributed by atoms with Crippen LogP contribution >= 0.6 is 11.8 Å². The van der Waals surface area contributed by atoms with Crippen molar-refractivity contribution in [3.63, 3.8) is 0 Å². The van der Waals surface area contributed by atoms with Crippen molar-refractivity contribution in [3.8, 4) is 0 Å². The number of aromatic nitrogens is 1. The van der Waals surface area contributed by atoms with Crippen LogP contribution < -0.4 is 0 Å². The first-order chi connectivity index (χ1) is 14.4. The van der Waals surface area contributed by atoms with Crippen LogP contribution in [-0.2, 0) is 0 Å². The molecule has 2 unspecified atom stereocenters. The molecule has 30 heavy (non-hydrogen) atoms. The van der Waals surface area contributed by atoms with Gasteiger partial charge in [-0.1, -0.05) is 48.2 Å². The number of hydrogen-bond acceptors (Lipinski definition) is 5. The number of para-hydroxylation sites is 2. The second-order valence-corrected chi connectivity index (χ2v) is 10.7. The van der Waals surface area contributed by atoms with Crippen molar-refractivity contribution < 1.29 is 5.11 Å². The summed E-state index contributed by atoms with van der Waals surface area (Å²) in [5.74, 6) is 0. The topological polar surface area (TPSA) is 44.0 Å². The Morgan fingerprint density at radius 2 is 1.50 bits per heavy atom.